The second-order valence-corrected chi connectivity index (χ2v) is 5.26. The molecular formula is C16H25FN2O. The Morgan fingerprint density at radius 2 is 2.20 bits per heavy atom. The number of morpholine rings is 1. The van der Waals surface area contributed by atoms with E-state index in [1.165, 1.54) is 6.07 Å². The van der Waals surface area contributed by atoms with Crippen LogP contribution >= 0.6 is 0 Å². The highest BCUT2D eigenvalue weighted by molar-refractivity contribution is 5.19. The molecule has 0 radical (unpaired) electrons. The molecular weight excluding hydrogens is 255 g/mol. The van der Waals surface area contributed by atoms with Crippen molar-refractivity contribution in [1.29, 1.82) is 0 Å². The molecule has 0 saturated carbocycles. The van der Waals surface area contributed by atoms with E-state index in [0.717, 1.165) is 38.3 Å². The lowest BCUT2D eigenvalue weighted by atomic mass is 9.99. The van der Waals surface area contributed by atoms with Crippen LogP contribution in [0.4, 0.5) is 4.39 Å². The number of hydrogen-bond donors (Lipinski definition) is 1. The minimum absolute atomic E-state index is 0.126. The SMILES string of the molecule is CCNC(Cc1ccccc1F)C1CN(CC)CCO1. The van der Waals surface area contributed by atoms with Crippen LogP contribution < -0.4 is 5.32 Å². The fourth-order valence-electron chi connectivity index (χ4n) is 2.76. The van der Waals surface area contributed by atoms with Gasteiger partial charge in [-0.15, -0.1) is 0 Å². The van der Waals surface area contributed by atoms with Crippen LogP contribution in [0.1, 0.15) is 19.4 Å². The van der Waals surface area contributed by atoms with E-state index in [1.54, 1.807) is 6.07 Å². The summed E-state index contributed by atoms with van der Waals surface area (Å²) in [5.41, 5.74) is 0.760. The molecule has 0 amide bonds. The molecule has 1 saturated heterocycles. The van der Waals surface area contributed by atoms with Crippen molar-refractivity contribution in [1.82, 2.24) is 10.2 Å². The number of rotatable bonds is 6. The van der Waals surface area contributed by atoms with Gasteiger partial charge in [-0.2, -0.15) is 0 Å². The maximum Gasteiger partial charge on any atom is 0.126 e. The van der Waals surface area contributed by atoms with Crippen LogP contribution in [0.25, 0.3) is 0 Å². The van der Waals surface area contributed by atoms with Crippen LogP contribution in [0.5, 0.6) is 0 Å². The average Bonchev–Trinajstić information content (AvgIpc) is 2.49. The first kappa shape index (κ1) is 15.4. The zero-order chi connectivity index (χ0) is 14.4. The second-order valence-electron chi connectivity index (χ2n) is 5.26. The zero-order valence-corrected chi connectivity index (χ0v) is 12.4. The Morgan fingerprint density at radius 3 is 2.90 bits per heavy atom. The fourth-order valence-corrected chi connectivity index (χ4v) is 2.76. The van der Waals surface area contributed by atoms with Gasteiger partial charge in [-0.3, -0.25) is 4.90 Å². The van der Waals surface area contributed by atoms with E-state index in [2.05, 4.69) is 24.1 Å². The minimum atomic E-state index is -0.126. The van der Waals surface area contributed by atoms with E-state index in [4.69, 9.17) is 4.74 Å². The lowest BCUT2D eigenvalue weighted by Crippen LogP contribution is -2.53. The highest BCUT2D eigenvalue weighted by atomic mass is 19.1. The molecule has 3 nitrogen and oxygen atoms in total. The maximum absolute atomic E-state index is 13.8. The van der Waals surface area contributed by atoms with Crippen molar-refractivity contribution in [2.75, 3.05) is 32.8 Å². The van der Waals surface area contributed by atoms with Crippen molar-refractivity contribution in [3.05, 3.63) is 35.6 Å². The molecule has 1 N–H and O–H groups in total. The van der Waals surface area contributed by atoms with Crippen molar-refractivity contribution in [2.45, 2.75) is 32.4 Å². The summed E-state index contributed by atoms with van der Waals surface area (Å²) in [5, 5.41) is 3.45. The average molecular weight is 280 g/mol. The van der Waals surface area contributed by atoms with Crippen molar-refractivity contribution in [2.24, 2.45) is 0 Å². The topological polar surface area (TPSA) is 24.5 Å². The van der Waals surface area contributed by atoms with Gasteiger partial charge < -0.3 is 10.1 Å². The molecule has 0 spiro atoms. The summed E-state index contributed by atoms with van der Waals surface area (Å²) < 4.78 is 19.7. The lowest BCUT2D eigenvalue weighted by Gasteiger charge is -2.37. The lowest BCUT2D eigenvalue weighted by molar-refractivity contribution is -0.0446. The molecule has 1 aliphatic rings. The quantitative estimate of drug-likeness (QED) is 0.863. The van der Waals surface area contributed by atoms with Gasteiger partial charge in [0.25, 0.3) is 0 Å². The predicted octanol–water partition coefficient (Wildman–Crippen LogP) is 2.07. The van der Waals surface area contributed by atoms with Gasteiger partial charge in [0.15, 0.2) is 0 Å². The van der Waals surface area contributed by atoms with E-state index < -0.39 is 0 Å². The van der Waals surface area contributed by atoms with Crippen molar-refractivity contribution >= 4 is 0 Å². The number of ether oxygens (including phenoxy) is 1. The van der Waals surface area contributed by atoms with Gasteiger partial charge in [0.05, 0.1) is 12.7 Å². The highest BCUT2D eigenvalue weighted by Crippen LogP contribution is 2.15. The fraction of sp³-hybridized carbons (Fsp3) is 0.625. The Morgan fingerprint density at radius 1 is 1.40 bits per heavy atom. The number of halogens is 1. The summed E-state index contributed by atoms with van der Waals surface area (Å²) in [5.74, 6) is -0.126. The van der Waals surface area contributed by atoms with E-state index >= 15 is 0 Å². The Labute approximate surface area is 121 Å². The third kappa shape index (κ3) is 4.01. The standard InChI is InChI=1S/C16H25FN2O/c1-3-18-15(11-13-7-5-6-8-14(13)17)16-12-19(4-2)9-10-20-16/h5-8,15-16,18H,3-4,9-12H2,1-2H3. The molecule has 2 rings (SSSR count). The summed E-state index contributed by atoms with van der Waals surface area (Å²) in [6.45, 7) is 8.83. The van der Waals surface area contributed by atoms with Crippen LogP contribution in [0.2, 0.25) is 0 Å². The molecule has 0 aromatic heterocycles. The second kappa shape index (κ2) is 7.72. The number of likely N-dealkylation sites (N-methyl/N-ethyl adjacent to an activating group) is 2. The molecule has 1 heterocycles. The third-order valence-electron chi connectivity index (χ3n) is 3.94. The van der Waals surface area contributed by atoms with Gasteiger partial charge in [-0.05, 0) is 31.1 Å². The van der Waals surface area contributed by atoms with Gasteiger partial charge >= 0.3 is 0 Å². The molecule has 1 fully saturated rings. The molecule has 112 valence electrons. The summed E-state index contributed by atoms with van der Waals surface area (Å²) in [6.07, 6.45) is 0.797. The van der Waals surface area contributed by atoms with E-state index in [-0.39, 0.29) is 18.0 Å². The molecule has 0 aliphatic carbocycles. The Bertz CT molecular complexity index is 413. The van der Waals surface area contributed by atoms with Crippen LogP contribution in [-0.2, 0) is 11.2 Å². The largest absolute Gasteiger partial charge is 0.374 e. The number of nitrogens with one attached hydrogen (secondary N) is 1. The van der Waals surface area contributed by atoms with Crippen molar-refractivity contribution in [3.63, 3.8) is 0 Å². The van der Waals surface area contributed by atoms with Gasteiger partial charge in [0.1, 0.15) is 5.82 Å². The summed E-state index contributed by atoms with van der Waals surface area (Å²) in [6, 6.07) is 7.17. The van der Waals surface area contributed by atoms with E-state index in [1.807, 2.05) is 12.1 Å². The molecule has 1 aromatic rings. The zero-order valence-electron chi connectivity index (χ0n) is 12.4. The number of benzene rings is 1. The van der Waals surface area contributed by atoms with Crippen LogP contribution in [0, 0.1) is 5.82 Å². The van der Waals surface area contributed by atoms with E-state index in [9.17, 15) is 4.39 Å². The third-order valence-corrected chi connectivity index (χ3v) is 3.94. The summed E-state index contributed by atoms with van der Waals surface area (Å²) in [4.78, 5) is 2.39. The van der Waals surface area contributed by atoms with Crippen LogP contribution in [0.15, 0.2) is 24.3 Å². The normalized spacial score (nSPS) is 21.9. The number of nitrogens with zero attached hydrogens (tertiary/aromatic N) is 1. The minimum Gasteiger partial charge on any atom is -0.374 e. The monoisotopic (exact) mass is 280 g/mol. The predicted molar refractivity (Wildman–Crippen MR) is 79.4 cm³/mol. The molecule has 2 atom stereocenters. The summed E-state index contributed by atoms with van der Waals surface area (Å²) >= 11 is 0. The van der Waals surface area contributed by atoms with E-state index in [0.29, 0.717) is 6.42 Å². The van der Waals surface area contributed by atoms with Gasteiger partial charge in [0, 0.05) is 19.1 Å². The Hall–Kier alpha value is -0.970. The molecule has 1 aliphatic heterocycles. The first-order chi connectivity index (χ1) is 9.74. The van der Waals surface area contributed by atoms with Crippen molar-refractivity contribution < 1.29 is 9.13 Å². The Balaban J connectivity index is 2.04. The van der Waals surface area contributed by atoms with Crippen LogP contribution in [-0.4, -0.2) is 49.8 Å². The summed E-state index contributed by atoms with van der Waals surface area (Å²) in [7, 11) is 0. The first-order valence-corrected chi connectivity index (χ1v) is 7.55. The maximum atomic E-state index is 13.8. The first-order valence-electron chi connectivity index (χ1n) is 7.55. The molecule has 4 heteroatoms. The molecule has 2 unspecified atom stereocenters. The molecule has 1 aromatic carbocycles. The van der Waals surface area contributed by atoms with Crippen LogP contribution in [0.3, 0.4) is 0 Å². The highest BCUT2D eigenvalue weighted by Gasteiger charge is 2.27. The molecule has 0 bridgehead atoms. The van der Waals surface area contributed by atoms with Gasteiger partial charge in [-0.1, -0.05) is 32.0 Å². The molecule has 20 heavy (non-hydrogen) atoms. The van der Waals surface area contributed by atoms with Gasteiger partial charge in [-0.25, -0.2) is 4.39 Å². The van der Waals surface area contributed by atoms with Crippen molar-refractivity contribution in [3.8, 4) is 0 Å². The number of hydrogen-bond acceptors (Lipinski definition) is 3. The Kier molecular flexibility index (Phi) is 5.95. The van der Waals surface area contributed by atoms with Gasteiger partial charge in [0.2, 0.25) is 0 Å². The smallest absolute Gasteiger partial charge is 0.126 e.